The fraction of sp³-hybridized carbons (Fsp3) is 0.190. The third-order valence-electron chi connectivity index (χ3n) is 4.31. The molecule has 1 N–H and O–H groups in total. The van der Waals surface area contributed by atoms with E-state index in [0.29, 0.717) is 10.7 Å². The van der Waals surface area contributed by atoms with Gasteiger partial charge in [0.15, 0.2) is 5.69 Å². The number of hydrogen-bond donors (Lipinski definition) is 1. The lowest BCUT2D eigenvalue weighted by Crippen LogP contribution is -2.35. The van der Waals surface area contributed by atoms with Crippen molar-refractivity contribution in [2.45, 2.75) is 13.3 Å². The van der Waals surface area contributed by atoms with Crippen LogP contribution in [-0.4, -0.2) is 40.1 Å². The Labute approximate surface area is 168 Å². The van der Waals surface area contributed by atoms with E-state index < -0.39 is 0 Å². The van der Waals surface area contributed by atoms with Crippen molar-refractivity contribution in [3.05, 3.63) is 77.1 Å². The van der Waals surface area contributed by atoms with Crippen LogP contribution in [0.5, 0.6) is 0 Å². The zero-order chi connectivity index (χ0) is 20.1. The van der Waals surface area contributed by atoms with Crippen LogP contribution in [0.2, 0.25) is 5.02 Å². The molecule has 2 aromatic carbocycles. The van der Waals surface area contributed by atoms with Crippen LogP contribution in [0.15, 0.2) is 60.8 Å². The molecule has 0 unspecified atom stereocenters. The molecule has 0 radical (unpaired) electrons. The van der Waals surface area contributed by atoms with Crippen molar-refractivity contribution in [3.63, 3.8) is 0 Å². The number of aryl methyl sites for hydroxylation is 1. The SMILES string of the molecule is CCc1ccccc1NC(=O)CN(C)C(=O)c1ccn(-c2ccccc2Cl)n1. The average molecular weight is 397 g/mol. The Balaban J connectivity index is 1.66. The first-order valence-corrected chi connectivity index (χ1v) is 9.31. The smallest absolute Gasteiger partial charge is 0.274 e. The Morgan fingerprint density at radius 3 is 2.57 bits per heavy atom. The number of likely N-dealkylation sites (N-methyl/N-ethyl adjacent to an activating group) is 1. The molecule has 0 fully saturated rings. The average Bonchev–Trinajstić information content (AvgIpc) is 3.18. The molecule has 1 aromatic heterocycles. The third-order valence-corrected chi connectivity index (χ3v) is 4.63. The lowest BCUT2D eigenvalue weighted by molar-refractivity contribution is -0.116. The molecule has 3 rings (SSSR count). The summed E-state index contributed by atoms with van der Waals surface area (Å²) < 4.78 is 1.54. The van der Waals surface area contributed by atoms with Crippen molar-refractivity contribution in [3.8, 4) is 5.69 Å². The number of nitrogens with zero attached hydrogens (tertiary/aromatic N) is 3. The van der Waals surface area contributed by atoms with Gasteiger partial charge in [-0.2, -0.15) is 5.10 Å². The molecule has 0 atom stereocenters. The summed E-state index contributed by atoms with van der Waals surface area (Å²) in [5, 5.41) is 7.69. The quantitative estimate of drug-likeness (QED) is 0.689. The highest BCUT2D eigenvalue weighted by atomic mass is 35.5. The highest BCUT2D eigenvalue weighted by Crippen LogP contribution is 2.19. The number of anilines is 1. The lowest BCUT2D eigenvalue weighted by Gasteiger charge is -2.16. The van der Waals surface area contributed by atoms with Gasteiger partial charge in [-0.1, -0.05) is 48.9 Å². The van der Waals surface area contributed by atoms with Gasteiger partial charge in [-0.05, 0) is 36.2 Å². The number of para-hydroxylation sites is 2. The van der Waals surface area contributed by atoms with Gasteiger partial charge in [0.25, 0.3) is 5.91 Å². The predicted molar refractivity (Wildman–Crippen MR) is 110 cm³/mol. The van der Waals surface area contributed by atoms with E-state index in [-0.39, 0.29) is 24.1 Å². The Bertz CT molecular complexity index is 999. The van der Waals surface area contributed by atoms with E-state index in [1.54, 1.807) is 30.1 Å². The second kappa shape index (κ2) is 8.71. The second-order valence-corrected chi connectivity index (χ2v) is 6.72. The predicted octanol–water partition coefficient (Wildman–Crippen LogP) is 3.80. The first-order chi connectivity index (χ1) is 13.5. The van der Waals surface area contributed by atoms with Gasteiger partial charge in [-0.3, -0.25) is 9.59 Å². The van der Waals surface area contributed by atoms with Crippen LogP contribution in [0.3, 0.4) is 0 Å². The molecule has 0 bridgehead atoms. The summed E-state index contributed by atoms with van der Waals surface area (Å²) in [6.45, 7) is 1.95. The number of amides is 2. The molecule has 0 aliphatic heterocycles. The molecule has 0 saturated heterocycles. The lowest BCUT2D eigenvalue weighted by atomic mass is 10.1. The van der Waals surface area contributed by atoms with Gasteiger partial charge in [0.2, 0.25) is 5.91 Å². The fourth-order valence-corrected chi connectivity index (χ4v) is 3.06. The molecular weight excluding hydrogens is 376 g/mol. The second-order valence-electron chi connectivity index (χ2n) is 6.32. The van der Waals surface area contributed by atoms with Crippen molar-refractivity contribution in [2.24, 2.45) is 0 Å². The van der Waals surface area contributed by atoms with Gasteiger partial charge < -0.3 is 10.2 Å². The van der Waals surface area contributed by atoms with Crippen molar-refractivity contribution < 1.29 is 9.59 Å². The number of nitrogens with one attached hydrogen (secondary N) is 1. The molecule has 28 heavy (non-hydrogen) atoms. The maximum Gasteiger partial charge on any atom is 0.274 e. The summed E-state index contributed by atoms with van der Waals surface area (Å²) in [5.74, 6) is -0.605. The Morgan fingerprint density at radius 2 is 1.82 bits per heavy atom. The number of benzene rings is 2. The van der Waals surface area contributed by atoms with Crippen LogP contribution < -0.4 is 5.32 Å². The van der Waals surface area contributed by atoms with E-state index in [4.69, 9.17) is 11.6 Å². The topological polar surface area (TPSA) is 67.2 Å². The van der Waals surface area contributed by atoms with Gasteiger partial charge in [0.05, 0.1) is 17.3 Å². The molecule has 0 aliphatic carbocycles. The van der Waals surface area contributed by atoms with E-state index in [0.717, 1.165) is 17.7 Å². The molecular formula is C21H21ClN4O2. The number of aromatic nitrogens is 2. The van der Waals surface area contributed by atoms with Gasteiger partial charge in [-0.25, -0.2) is 4.68 Å². The number of hydrogen-bond acceptors (Lipinski definition) is 3. The van der Waals surface area contributed by atoms with Gasteiger partial charge in [0, 0.05) is 18.9 Å². The number of carbonyl (C=O) groups is 2. The molecule has 3 aromatic rings. The largest absolute Gasteiger partial charge is 0.331 e. The summed E-state index contributed by atoms with van der Waals surface area (Å²) >= 11 is 6.17. The third kappa shape index (κ3) is 4.40. The number of carbonyl (C=O) groups excluding carboxylic acids is 2. The van der Waals surface area contributed by atoms with Crippen molar-refractivity contribution >= 4 is 29.1 Å². The Hall–Kier alpha value is -3.12. The molecule has 0 aliphatic rings. The zero-order valence-corrected chi connectivity index (χ0v) is 16.5. The monoisotopic (exact) mass is 396 g/mol. The van der Waals surface area contributed by atoms with Gasteiger partial charge in [0.1, 0.15) is 0 Å². The van der Waals surface area contributed by atoms with Crippen LogP contribution in [0.1, 0.15) is 23.0 Å². The first-order valence-electron chi connectivity index (χ1n) is 8.93. The van der Waals surface area contributed by atoms with Crippen molar-refractivity contribution in [1.29, 1.82) is 0 Å². The highest BCUT2D eigenvalue weighted by Gasteiger charge is 2.18. The Morgan fingerprint density at radius 1 is 1.11 bits per heavy atom. The van der Waals surface area contributed by atoms with Crippen LogP contribution in [0.25, 0.3) is 5.69 Å². The summed E-state index contributed by atoms with van der Waals surface area (Å²) in [6.07, 6.45) is 2.48. The maximum atomic E-state index is 12.6. The summed E-state index contributed by atoms with van der Waals surface area (Å²) in [4.78, 5) is 26.3. The molecule has 0 spiro atoms. The normalized spacial score (nSPS) is 10.5. The van der Waals surface area contributed by atoms with Crippen LogP contribution in [-0.2, 0) is 11.2 Å². The Kier molecular flexibility index (Phi) is 6.11. The minimum Gasteiger partial charge on any atom is -0.331 e. The molecule has 0 saturated carbocycles. The number of rotatable bonds is 6. The molecule has 7 heteroatoms. The first kappa shape index (κ1) is 19.6. The molecule has 144 valence electrons. The highest BCUT2D eigenvalue weighted by molar-refractivity contribution is 6.32. The molecule has 6 nitrogen and oxygen atoms in total. The molecule has 2 amide bonds. The van der Waals surface area contributed by atoms with E-state index in [1.165, 1.54) is 4.90 Å². The van der Waals surface area contributed by atoms with Gasteiger partial charge in [-0.15, -0.1) is 0 Å². The van der Waals surface area contributed by atoms with Crippen LogP contribution >= 0.6 is 11.6 Å². The van der Waals surface area contributed by atoms with Crippen LogP contribution in [0.4, 0.5) is 5.69 Å². The van der Waals surface area contributed by atoms with E-state index in [2.05, 4.69) is 10.4 Å². The summed E-state index contributed by atoms with van der Waals surface area (Å²) in [6, 6.07) is 16.4. The maximum absolute atomic E-state index is 12.6. The van der Waals surface area contributed by atoms with E-state index in [9.17, 15) is 9.59 Å². The van der Waals surface area contributed by atoms with Gasteiger partial charge >= 0.3 is 0 Å². The van der Waals surface area contributed by atoms with Crippen LogP contribution in [0, 0.1) is 0 Å². The fourth-order valence-electron chi connectivity index (χ4n) is 2.83. The summed E-state index contributed by atoms with van der Waals surface area (Å²) in [7, 11) is 1.57. The van der Waals surface area contributed by atoms with E-state index in [1.807, 2.05) is 49.4 Å². The summed E-state index contributed by atoms with van der Waals surface area (Å²) in [5.41, 5.74) is 2.73. The number of halogens is 1. The van der Waals surface area contributed by atoms with E-state index >= 15 is 0 Å². The minimum absolute atomic E-state index is 0.0736. The van der Waals surface area contributed by atoms with Crippen molar-refractivity contribution in [2.75, 3.05) is 18.9 Å². The van der Waals surface area contributed by atoms with Crippen molar-refractivity contribution in [1.82, 2.24) is 14.7 Å². The minimum atomic E-state index is -0.343. The zero-order valence-electron chi connectivity index (χ0n) is 15.7. The molecule has 1 heterocycles. The standard InChI is InChI=1S/C21H21ClN4O2/c1-3-15-8-4-6-10-17(15)23-20(27)14-25(2)21(28)18-12-13-26(24-18)19-11-7-5-9-16(19)22/h4-13H,3,14H2,1-2H3,(H,23,27).